The van der Waals surface area contributed by atoms with Gasteiger partial charge in [0.15, 0.2) is 5.71 Å². The molecule has 1 N–H and O–H groups in total. The molecule has 2 atom stereocenters. The second-order valence-corrected chi connectivity index (χ2v) is 5.91. The van der Waals surface area contributed by atoms with Crippen LogP contribution in [0.2, 0.25) is 0 Å². The molecule has 0 radical (unpaired) electrons. The standard InChI is InChI=1S/C13H12BrN3O5S/c1-21-16-8(12(19)20)9(18)10(14)13(23)17-15-11(22-13)7-5-3-2-4-6-7/h2-6,10,17,23H,1H3,(H,19,20)/p-1/b16-8+. The number of carbonyl (C=O) groups is 2. The predicted molar refractivity (Wildman–Crippen MR) is 86.1 cm³/mol. The third kappa shape index (κ3) is 3.64. The minimum Gasteiger partial charge on any atom is -0.543 e. The number of nitrogens with one attached hydrogen (secondary N) is 1. The first kappa shape index (κ1) is 17.3. The van der Waals surface area contributed by atoms with Crippen molar-refractivity contribution >= 4 is 51.9 Å². The van der Waals surface area contributed by atoms with Gasteiger partial charge < -0.3 is 19.5 Å². The first-order chi connectivity index (χ1) is 10.9. The van der Waals surface area contributed by atoms with Gasteiger partial charge in [-0.15, -0.1) is 17.7 Å². The first-order valence-corrected chi connectivity index (χ1v) is 7.58. The minimum absolute atomic E-state index is 0.205. The molecule has 0 bridgehead atoms. The normalized spacial score (nSPS) is 21.7. The van der Waals surface area contributed by atoms with Crippen molar-refractivity contribution in [1.82, 2.24) is 5.43 Å². The van der Waals surface area contributed by atoms with E-state index in [1.54, 1.807) is 24.3 Å². The lowest BCUT2D eigenvalue weighted by molar-refractivity contribution is -0.294. The van der Waals surface area contributed by atoms with Gasteiger partial charge in [0.05, 0.1) is 5.97 Å². The molecule has 2 unspecified atom stereocenters. The smallest absolute Gasteiger partial charge is 0.262 e. The van der Waals surface area contributed by atoms with Gasteiger partial charge in [0.2, 0.25) is 11.7 Å². The maximum Gasteiger partial charge on any atom is 0.262 e. The zero-order chi connectivity index (χ0) is 17.0. The lowest BCUT2D eigenvalue weighted by Gasteiger charge is -2.27. The van der Waals surface area contributed by atoms with Gasteiger partial charge >= 0.3 is 0 Å². The zero-order valence-corrected chi connectivity index (χ0v) is 14.2. The third-order valence-corrected chi connectivity index (χ3v) is 4.64. The number of carboxylic acids is 1. The fraction of sp³-hybridized carbons (Fsp3) is 0.231. The molecule has 1 aliphatic heterocycles. The summed E-state index contributed by atoms with van der Waals surface area (Å²) in [4.78, 5) is 26.3. The fourth-order valence-corrected chi connectivity index (χ4v) is 2.37. The highest BCUT2D eigenvalue weighted by atomic mass is 79.9. The van der Waals surface area contributed by atoms with Crippen molar-refractivity contribution in [2.75, 3.05) is 7.11 Å². The maximum atomic E-state index is 12.2. The Hall–Kier alpha value is -2.07. The number of nitrogens with zero attached hydrogens (tertiary/aromatic N) is 2. The number of carboxylic acid groups (broad SMARTS) is 1. The van der Waals surface area contributed by atoms with Crippen LogP contribution in [0.15, 0.2) is 40.6 Å². The van der Waals surface area contributed by atoms with E-state index >= 15 is 0 Å². The Balaban J connectivity index is 2.17. The van der Waals surface area contributed by atoms with Gasteiger partial charge in [-0.3, -0.25) is 10.2 Å². The number of hydrazone groups is 1. The number of ketones is 1. The van der Waals surface area contributed by atoms with Crippen molar-refractivity contribution in [3.05, 3.63) is 35.9 Å². The molecular weight excluding hydrogens is 390 g/mol. The number of hydrogen-bond acceptors (Lipinski definition) is 9. The Labute approximate surface area is 145 Å². The molecule has 23 heavy (non-hydrogen) atoms. The number of benzene rings is 1. The summed E-state index contributed by atoms with van der Waals surface area (Å²) >= 11 is 7.28. The van der Waals surface area contributed by atoms with E-state index in [1.807, 2.05) is 6.07 Å². The molecule has 2 rings (SSSR count). The Morgan fingerprint density at radius 1 is 1.48 bits per heavy atom. The maximum absolute atomic E-state index is 12.2. The summed E-state index contributed by atoms with van der Waals surface area (Å²) in [6.07, 6.45) is 0. The average molecular weight is 401 g/mol. The molecule has 1 heterocycles. The number of halogens is 1. The van der Waals surface area contributed by atoms with Crippen LogP contribution < -0.4 is 10.5 Å². The van der Waals surface area contributed by atoms with Gasteiger partial charge in [-0.1, -0.05) is 39.3 Å². The van der Waals surface area contributed by atoms with E-state index in [0.29, 0.717) is 5.56 Å². The Morgan fingerprint density at radius 2 is 2.13 bits per heavy atom. The summed E-state index contributed by atoms with van der Waals surface area (Å²) in [5, 5.41) is 16.5. The van der Waals surface area contributed by atoms with Crippen LogP contribution in [0, 0.1) is 0 Å². The third-order valence-electron chi connectivity index (χ3n) is 2.77. The van der Waals surface area contributed by atoms with Crippen LogP contribution in [0.5, 0.6) is 0 Å². The molecule has 1 aliphatic rings. The van der Waals surface area contributed by atoms with Gasteiger partial charge in [0, 0.05) is 5.56 Å². The van der Waals surface area contributed by atoms with Crippen molar-refractivity contribution in [2.45, 2.75) is 9.88 Å². The van der Waals surface area contributed by atoms with Crippen molar-refractivity contribution in [3.63, 3.8) is 0 Å². The Bertz CT molecular complexity index is 681. The second kappa shape index (κ2) is 7.01. The van der Waals surface area contributed by atoms with Crippen LogP contribution in [0.25, 0.3) is 0 Å². The van der Waals surface area contributed by atoms with Gasteiger partial charge in [0.1, 0.15) is 11.9 Å². The highest BCUT2D eigenvalue weighted by Crippen LogP contribution is 2.30. The molecule has 0 spiro atoms. The van der Waals surface area contributed by atoms with Crippen LogP contribution in [0.3, 0.4) is 0 Å². The number of carbonyl (C=O) groups excluding carboxylic acids is 2. The highest BCUT2D eigenvalue weighted by molar-refractivity contribution is 9.10. The van der Waals surface area contributed by atoms with Gasteiger partial charge in [-0.05, 0) is 12.1 Å². The van der Waals surface area contributed by atoms with Gasteiger partial charge in [-0.2, -0.15) is 0 Å². The van der Waals surface area contributed by atoms with Crippen molar-refractivity contribution in [2.24, 2.45) is 10.3 Å². The minimum atomic E-state index is -1.78. The number of oxime groups is 1. The fourth-order valence-electron chi connectivity index (χ4n) is 1.71. The molecule has 0 saturated carbocycles. The lowest BCUT2D eigenvalue weighted by Crippen LogP contribution is -2.52. The number of aliphatic carboxylic acids is 1. The van der Waals surface area contributed by atoms with Crippen molar-refractivity contribution in [1.29, 1.82) is 0 Å². The van der Waals surface area contributed by atoms with Crippen LogP contribution >= 0.6 is 28.6 Å². The Kier molecular flexibility index (Phi) is 5.26. The van der Waals surface area contributed by atoms with Gasteiger partial charge in [0.25, 0.3) is 5.06 Å². The van der Waals surface area contributed by atoms with Crippen molar-refractivity contribution < 1.29 is 24.3 Å². The van der Waals surface area contributed by atoms with E-state index in [9.17, 15) is 14.7 Å². The van der Waals surface area contributed by atoms with E-state index in [-0.39, 0.29) is 5.90 Å². The molecule has 0 saturated heterocycles. The second-order valence-electron chi connectivity index (χ2n) is 4.33. The highest BCUT2D eigenvalue weighted by Gasteiger charge is 2.47. The SMILES string of the molecule is CO/N=C(/C(=O)[O-])C(=O)C(Br)C1(S)NN=C(c2ccccc2)O1. The van der Waals surface area contributed by atoms with E-state index in [4.69, 9.17) is 4.74 Å². The first-order valence-electron chi connectivity index (χ1n) is 6.21. The summed E-state index contributed by atoms with van der Waals surface area (Å²) in [5.74, 6) is -2.52. The number of thiol groups is 1. The summed E-state index contributed by atoms with van der Waals surface area (Å²) in [7, 11) is 1.11. The molecule has 8 nitrogen and oxygen atoms in total. The molecule has 10 heteroatoms. The van der Waals surface area contributed by atoms with E-state index in [1.165, 1.54) is 0 Å². The van der Waals surface area contributed by atoms with Crippen LogP contribution in [0.1, 0.15) is 5.56 Å². The monoisotopic (exact) mass is 400 g/mol. The van der Waals surface area contributed by atoms with E-state index < -0.39 is 27.3 Å². The molecule has 0 amide bonds. The van der Waals surface area contributed by atoms with Crippen LogP contribution in [0.4, 0.5) is 0 Å². The molecule has 122 valence electrons. The molecule has 1 aromatic carbocycles. The molecule has 0 aromatic heterocycles. The summed E-state index contributed by atoms with van der Waals surface area (Å²) in [5.41, 5.74) is 2.31. The molecule has 0 fully saturated rings. The van der Waals surface area contributed by atoms with E-state index in [0.717, 1.165) is 7.11 Å². The van der Waals surface area contributed by atoms with Crippen LogP contribution in [-0.4, -0.2) is 40.4 Å². The van der Waals surface area contributed by atoms with Crippen LogP contribution in [-0.2, 0) is 19.2 Å². The largest absolute Gasteiger partial charge is 0.543 e. The number of Topliss-reactive ketones (excluding diaryl/α,β-unsaturated/α-hetero) is 1. The number of rotatable bonds is 6. The van der Waals surface area contributed by atoms with Gasteiger partial charge in [-0.25, -0.2) is 0 Å². The number of hydrogen-bond donors (Lipinski definition) is 2. The summed E-state index contributed by atoms with van der Waals surface area (Å²) in [6, 6.07) is 8.91. The van der Waals surface area contributed by atoms with Crippen molar-refractivity contribution in [3.8, 4) is 0 Å². The number of ether oxygens (including phenoxy) is 1. The summed E-state index contributed by atoms with van der Waals surface area (Å²) in [6.45, 7) is 0. The number of alkyl halides is 1. The topological polar surface area (TPSA) is 112 Å². The molecular formula is C13H11BrN3O5S-. The quantitative estimate of drug-likeness (QED) is 0.221. The lowest BCUT2D eigenvalue weighted by atomic mass is 10.1. The van der Waals surface area contributed by atoms with E-state index in [2.05, 4.69) is 49.1 Å². The Morgan fingerprint density at radius 3 is 2.70 bits per heavy atom. The predicted octanol–water partition coefficient (Wildman–Crippen LogP) is -0.363. The molecule has 0 aliphatic carbocycles. The summed E-state index contributed by atoms with van der Waals surface area (Å²) < 4.78 is 5.55. The molecule has 1 aromatic rings. The zero-order valence-electron chi connectivity index (χ0n) is 11.7. The average Bonchev–Trinajstić information content (AvgIpc) is 2.95.